The molecule has 3 N–H and O–H groups in total. The van der Waals surface area contributed by atoms with E-state index in [1.807, 2.05) is 6.07 Å². The highest BCUT2D eigenvalue weighted by atomic mass is 16.7. The number of rotatable bonds is 7. The van der Waals surface area contributed by atoms with Crippen LogP contribution >= 0.6 is 0 Å². The summed E-state index contributed by atoms with van der Waals surface area (Å²) in [7, 11) is 0. The number of hydrogen-bond donors (Lipinski definition) is 3. The van der Waals surface area contributed by atoms with E-state index in [4.69, 9.17) is 19.3 Å². The van der Waals surface area contributed by atoms with Crippen LogP contribution < -0.4 is 19.5 Å². The first-order valence-electron chi connectivity index (χ1n) is 11.2. The van der Waals surface area contributed by atoms with Gasteiger partial charge in [0.2, 0.25) is 6.79 Å². The van der Waals surface area contributed by atoms with E-state index in [-0.39, 0.29) is 25.3 Å². The van der Waals surface area contributed by atoms with Crippen molar-refractivity contribution in [3.63, 3.8) is 0 Å². The fraction of sp³-hybridized carbons (Fsp3) is 0.391. The van der Waals surface area contributed by atoms with Gasteiger partial charge in [0.25, 0.3) is 5.91 Å². The Balaban J connectivity index is 1.48. The van der Waals surface area contributed by atoms with Crippen molar-refractivity contribution in [1.82, 2.24) is 25.2 Å². The number of H-pyrrole nitrogens is 1. The second-order valence-electron chi connectivity index (χ2n) is 8.21. The van der Waals surface area contributed by atoms with Crippen molar-refractivity contribution in [3.05, 3.63) is 30.2 Å². The molecule has 0 spiro atoms. The van der Waals surface area contributed by atoms with Crippen LogP contribution in [-0.4, -0.2) is 69.5 Å². The lowest BCUT2D eigenvalue weighted by molar-refractivity contribution is 0.0937. The van der Waals surface area contributed by atoms with E-state index in [0.29, 0.717) is 64.7 Å². The normalized spacial score (nSPS) is 16.7. The maximum Gasteiger partial charge on any atom is 0.407 e. The van der Waals surface area contributed by atoms with Crippen LogP contribution in [0.2, 0.25) is 0 Å². The first-order chi connectivity index (χ1) is 16.6. The molecule has 0 aliphatic carbocycles. The minimum absolute atomic E-state index is 0.0993. The summed E-state index contributed by atoms with van der Waals surface area (Å²) in [4.78, 5) is 37.4. The number of nitrogens with zero attached hydrogens (tertiary/aromatic N) is 3. The van der Waals surface area contributed by atoms with Crippen molar-refractivity contribution in [1.29, 1.82) is 0 Å². The molecule has 2 aliphatic rings. The van der Waals surface area contributed by atoms with Gasteiger partial charge in [-0.05, 0) is 25.0 Å². The van der Waals surface area contributed by atoms with E-state index in [0.717, 1.165) is 12.8 Å². The van der Waals surface area contributed by atoms with Gasteiger partial charge in [-0.3, -0.25) is 4.79 Å². The Labute approximate surface area is 195 Å². The molecule has 11 heteroatoms. The second kappa shape index (κ2) is 9.08. The molecule has 11 nitrogen and oxygen atoms in total. The number of carbonyl (C=O) groups is 2. The van der Waals surface area contributed by atoms with Gasteiger partial charge in [0.15, 0.2) is 11.5 Å². The number of amides is 2. The highest BCUT2D eigenvalue weighted by Crippen LogP contribution is 2.47. The molecular formula is C23H25N5O6. The third kappa shape index (κ3) is 3.93. The van der Waals surface area contributed by atoms with Gasteiger partial charge in [0, 0.05) is 25.3 Å². The molecule has 2 aliphatic heterocycles. The molecule has 3 aromatic rings. The third-order valence-corrected chi connectivity index (χ3v) is 6.00. The summed E-state index contributed by atoms with van der Waals surface area (Å²) in [5.74, 6) is 1.41. The number of fused-ring (bicyclic) bond motifs is 2. The fourth-order valence-corrected chi connectivity index (χ4v) is 4.24. The van der Waals surface area contributed by atoms with Gasteiger partial charge < -0.3 is 34.5 Å². The fourth-order valence-electron chi connectivity index (χ4n) is 4.24. The molecule has 4 heterocycles. The molecule has 1 fully saturated rings. The summed E-state index contributed by atoms with van der Waals surface area (Å²) in [6, 6.07) is 3.38. The summed E-state index contributed by atoms with van der Waals surface area (Å²) in [6.07, 6.45) is 4.46. The Hall–Kier alpha value is -4.02. The van der Waals surface area contributed by atoms with Gasteiger partial charge in [-0.1, -0.05) is 13.3 Å². The number of carbonyl (C=O) groups excluding carboxylic acids is 1. The maximum atomic E-state index is 13.0. The molecule has 0 radical (unpaired) electrons. The van der Waals surface area contributed by atoms with Crippen LogP contribution in [0.3, 0.4) is 0 Å². The summed E-state index contributed by atoms with van der Waals surface area (Å²) >= 11 is 0. The van der Waals surface area contributed by atoms with E-state index >= 15 is 0 Å². The van der Waals surface area contributed by atoms with Crippen LogP contribution in [0.4, 0.5) is 4.79 Å². The zero-order valence-electron chi connectivity index (χ0n) is 18.7. The lowest BCUT2D eigenvalue weighted by Crippen LogP contribution is -2.38. The molecule has 2 aromatic heterocycles. The number of aromatic amines is 1. The van der Waals surface area contributed by atoms with Gasteiger partial charge in [-0.15, -0.1) is 0 Å². The van der Waals surface area contributed by atoms with Gasteiger partial charge in [0.05, 0.1) is 23.3 Å². The van der Waals surface area contributed by atoms with Crippen LogP contribution in [0.25, 0.3) is 22.3 Å². The van der Waals surface area contributed by atoms with Gasteiger partial charge in [-0.2, -0.15) is 0 Å². The molecule has 0 unspecified atom stereocenters. The smallest absolute Gasteiger partial charge is 0.407 e. The molecule has 178 valence electrons. The summed E-state index contributed by atoms with van der Waals surface area (Å²) in [5.41, 5.74) is 2.55. The van der Waals surface area contributed by atoms with Crippen molar-refractivity contribution >= 4 is 23.0 Å². The van der Waals surface area contributed by atoms with Crippen molar-refractivity contribution in [2.24, 2.45) is 0 Å². The lowest BCUT2D eigenvalue weighted by Gasteiger charge is -2.14. The molecule has 1 atom stereocenters. The van der Waals surface area contributed by atoms with Crippen molar-refractivity contribution in [2.75, 3.05) is 26.5 Å². The van der Waals surface area contributed by atoms with Crippen molar-refractivity contribution in [2.45, 2.75) is 32.2 Å². The number of likely N-dealkylation sites (tertiary alicyclic amines) is 1. The van der Waals surface area contributed by atoms with E-state index in [2.05, 4.69) is 27.2 Å². The predicted octanol–water partition coefficient (Wildman–Crippen LogP) is 3.01. The average Bonchev–Trinajstić information content (AvgIpc) is 3.58. The standard InChI is InChI=1S/C23H25N5O6/c1-2-3-8-32-15-4-5-16-21(34-12-33-16)17(15)19-20-18(25-11-26-19)14(9-24-20)22(29)27-13-6-7-28(10-13)23(30)31/h4-5,9,11,13,24H,2-3,6-8,10,12H2,1H3,(H,27,29)(H,30,31)/t13-/m1/s1. The molecule has 2 amide bonds. The van der Waals surface area contributed by atoms with Crippen LogP contribution in [-0.2, 0) is 0 Å². The molecule has 1 saturated heterocycles. The minimum atomic E-state index is -0.986. The highest BCUT2D eigenvalue weighted by Gasteiger charge is 2.30. The van der Waals surface area contributed by atoms with Gasteiger partial charge in [-0.25, -0.2) is 14.8 Å². The first kappa shape index (κ1) is 21.8. The van der Waals surface area contributed by atoms with Crippen molar-refractivity contribution < 1.29 is 28.9 Å². The minimum Gasteiger partial charge on any atom is -0.493 e. The number of aromatic nitrogens is 3. The maximum absolute atomic E-state index is 13.0. The number of benzene rings is 1. The van der Waals surface area contributed by atoms with E-state index in [1.54, 1.807) is 12.3 Å². The Morgan fingerprint density at radius 1 is 1.32 bits per heavy atom. The van der Waals surface area contributed by atoms with E-state index in [1.165, 1.54) is 11.2 Å². The SMILES string of the molecule is CCCCOc1ccc2c(c1-c1ncnc3c(C(=O)N[C@@H]4CCN(C(=O)O)C4)c[nH]c13)OCO2. The molecular weight excluding hydrogens is 442 g/mol. The van der Waals surface area contributed by atoms with Crippen molar-refractivity contribution in [3.8, 4) is 28.5 Å². The zero-order chi connectivity index (χ0) is 23.7. The summed E-state index contributed by atoms with van der Waals surface area (Å²) in [5, 5.41) is 12.1. The molecule has 34 heavy (non-hydrogen) atoms. The number of ether oxygens (including phenoxy) is 3. The lowest BCUT2D eigenvalue weighted by atomic mass is 10.1. The summed E-state index contributed by atoms with van der Waals surface area (Å²) in [6.45, 7) is 3.39. The zero-order valence-corrected chi connectivity index (χ0v) is 18.7. The Kier molecular flexibility index (Phi) is 5.83. The molecule has 1 aromatic carbocycles. The first-order valence-corrected chi connectivity index (χ1v) is 11.2. The quantitative estimate of drug-likeness (QED) is 0.451. The second-order valence-corrected chi connectivity index (χ2v) is 8.21. The molecule has 5 rings (SSSR count). The Morgan fingerprint density at radius 3 is 3.00 bits per heavy atom. The van der Waals surface area contributed by atoms with Crippen LogP contribution in [0.15, 0.2) is 24.7 Å². The van der Waals surface area contributed by atoms with Crippen LogP contribution in [0.1, 0.15) is 36.5 Å². The third-order valence-electron chi connectivity index (χ3n) is 6.00. The topological polar surface area (TPSA) is 139 Å². The van der Waals surface area contributed by atoms with E-state index in [9.17, 15) is 9.59 Å². The van der Waals surface area contributed by atoms with E-state index < -0.39 is 6.09 Å². The Bertz CT molecular complexity index is 1240. The average molecular weight is 467 g/mol. The number of nitrogens with one attached hydrogen (secondary N) is 2. The molecule has 0 bridgehead atoms. The number of unbranched alkanes of at least 4 members (excludes halogenated alkanes) is 1. The van der Waals surface area contributed by atoms with Crippen LogP contribution in [0.5, 0.6) is 17.2 Å². The largest absolute Gasteiger partial charge is 0.493 e. The monoisotopic (exact) mass is 467 g/mol. The highest BCUT2D eigenvalue weighted by molar-refractivity contribution is 6.08. The Morgan fingerprint density at radius 2 is 2.21 bits per heavy atom. The molecule has 0 saturated carbocycles. The number of carboxylic acid groups (broad SMARTS) is 1. The predicted molar refractivity (Wildman–Crippen MR) is 121 cm³/mol. The summed E-state index contributed by atoms with van der Waals surface area (Å²) < 4.78 is 17.3. The van der Waals surface area contributed by atoms with Crippen LogP contribution in [0, 0.1) is 0 Å². The number of hydrogen-bond acceptors (Lipinski definition) is 7. The van der Waals surface area contributed by atoms with Gasteiger partial charge in [0.1, 0.15) is 23.3 Å². The van der Waals surface area contributed by atoms with Gasteiger partial charge >= 0.3 is 6.09 Å².